The number of rotatable bonds is 2. The fourth-order valence-electron chi connectivity index (χ4n) is 3.65. The van der Waals surface area contributed by atoms with Crippen molar-refractivity contribution in [3.8, 4) is 0 Å². The normalized spacial score (nSPS) is 25.5. The van der Waals surface area contributed by atoms with Crippen molar-refractivity contribution >= 4 is 11.7 Å². The number of primary amides is 1. The summed E-state index contributed by atoms with van der Waals surface area (Å²) < 4.78 is 0. The summed E-state index contributed by atoms with van der Waals surface area (Å²) >= 11 is 0. The van der Waals surface area contributed by atoms with E-state index in [1.165, 1.54) is 12.8 Å². The molecule has 0 radical (unpaired) electrons. The minimum atomic E-state index is -0.384. The van der Waals surface area contributed by atoms with Crippen LogP contribution in [-0.4, -0.2) is 37.1 Å². The van der Waals surface area contributed by atoms with Gasteiger partial charge in [0.1, 0.15) is 5.82 Å². The van der Waals surface area contributed by atoms with Crippen molar-refractivity contribution in [2.24, 2.45) is 11.1 Å². The van der Waals surface area contributed by atoms with E-state index in [4.69, 9.17) is 5.73 Å². The van der Waals surface area contributed by atoms with E-state index < -0.39 is 0 Å². The molecule has 1 amide bonds. The average Bonchev–Trinajstić information content (AvgIpc) is 2.89. The number of aryl methyl sites for hydroxylation is 2. The molecule has 1 atom stereocenters. The fourth-order valence-corrected chi connectivity index (χ4v) is 3.65. The van der Waals surface area contributed by atoms with Gasteiger partial charge in [0.05, 0.1) is 5.56 Å². The largest absolute Gasteiger partial charge is 0.365 e. The zero-order valence-electron chi connectivity index (χ0n) is 12.9. The molecule has 2 fully saturated rings. The second-order valence-corrected chi connectivity index (χ2v) is 6.58. The summed E-state index contributed by atoms with van der Waals surface area (Å²) in [5.74, 6) is 0.390. The first-order chi connectivity index (χ1) is 10.0. The molecule has 0 saturated carbocycles. The Kier molecular flexibility index (Phi) is 3.61. The van der Waals surface area contributed by atoms with Crippen LogP contribution < -0.4 is 16.0 Å². The van der Waals surface area contributed by atoms with Crippen LogP contribution in [-0.2, 0) is 0 Å². The molecule has 5 nitrogen and oxygen atoms in total. The molecule has 1 aromatic rings. The van der Waals surface area contributed by atoms with Crippen LogP contribution >= 0.6 is 0 Å². The number of piperidine rings is 1. The highest BCUT2D eigenvalue weighted by atomic mass is 16.1. The second-order valence-electron chi connectivity index (χ2n) is 6.58. The van der Waals surface area contributed by atoms with Gasteiger partial charge in [-0.3, -0.25) is 4.79 Å². The van der Waals surface area contributed by atoms with Gasteiger partial charge in [0, 0.05) is 30.7 Å². The lowest BCUT2D eigenvalue weighted by Crippen LogP contribution is -2.45. The van der Waals surface area contributed by atoms with Gasteiger partial charge in [-0.05, 0) is 51.3 Å². The van der Waals surface area contributed by atoms with E-state index in [0.717, 1.165) is 49.7 Å². The first kappa shape index (κ1) is 14.3. The molecule has 0 bridgehead atoms. The summed E-state index contributed by atoms with van der Waals surface area (Å²) in [6, 6.07) is 1.88. The molecule has 2 aliphatic rings. The average molecular weight is 288 g/mol. The highest BCUT2D eigenvalue weighted by Crippen LogP contribution is 2.37. The van der Waals surface area contributed by atoms with Crippen LogP contribution in [0.2, 0.25) is 0 Å². The quantitative estimate of drug-likeness (QED) is 0.862. The van der Waals surface area contributed by atoms with Gasteiger partial charge in [-0.1, -0.05) is 0 Å². The third-order valence-electron chi connectivity index (χ3n) is 5.00. The van der Waals surface area contributed by atoms with Gasteiger partial charge in [-0.25, -0.2) is 4.98 Å². The van der Waals surface area contributed by atoms with Crippen LogP contribution in [0.4, 0.5) is 5.82 Å². The van der Waals surface area contributed by atoms with Gasteiger partial charge in [0.15, 0.2) is 0 Å². The highest BCUT2D eigenvalue weighted by Gasteiger charge is 2.39. The summed E-state index contributed by atoms with van der Waals surface area (Å²) in [4.78, 5) is 18.7. The topological polar surface area (TPSA) is 71.2 Å². The maximum atomic E-state index is 11.8. The van der Waals surface area contributed by atoms with E-state index >= 15 is 0 Å². The van der Waals surface area contributed by atoms with E-state index in [1.807, 2.05) is 19.9 Å². The van der Waals surface area contributed by atoms with E-state index in [-0.39, 0.29) is 5.91 Å². The van der Waals surface area contributed by atoms with Crippen molar-refractivity contribution in [3.05, 3.63) is 22.9 Å². The Bertz CT molecular complexity index is 564. The molecule has 3 rings (SSSR count). The molecule has 2 saturated heterocycles. The van der Waals surface area contributed by atoms with Gasteiger partial charge in [0.2, 0.25) is 0 Å². The van der Waals surface area contributed by atoms with Gasteiger partial charge in [-0.2, -0.15) is 0 Å². The number of carbonyl (C=O) groups is 1. The number of hydrogen-bond donors (Lipinski definition) is 2. The molecular formula is C16H24N4O. The number of anilines is 1. The molecular weight excluding hydrogens is 264 g/mol. The first-order valence-corrected chi connectivity index (χ1v) is 7.74. The summed E-state index contributed by atoms with van der Waals surface area (Å²) in [7, 11) is 0. The Balaban J connectivity index is 1.95. The number of nitrogens with one attached hydrogen (secondary N) is 1. The molecule has 1 spiro atoms. The number of carbonyl (C=O) groups excluding carboxylic acids is 1. The number of nitrogens with two attached hydrogens (primary N) is 1. The predicted molar refractivity (Wildman–Crippen MR) is 83.6 cm³/mol. The maximum Gasteiger partial charge on any atom is 0.252 e. The van der Waals surface area contributed by atoms with Crippen molar-refractivity contribution in [3.63, 3.8) is 0 Å². The van der Waals surface area contributed by atoms with Crippen LogP contribution in [0.5, 0.6) is 0 Å². The van der Waals surface area contributed by atoms with E-state index in [1.54, 1.807) is 0 Å². The van der Waals surface area contributed by atoms with Gasteiger partial charge >= 0.3 is 0 Å². The zero-order valence-corrected chi connectivity index (χ0v) is 12.9. The molecule has 1 aromatic heterocycles. The van der Waals surface area contributed by atoms with Gasteiger partial charge in [0.25, 0.3) is 5.91 Å². The number of hydrogen-bond acceptors (Lipinski definition) is 4. The predicted octanol–water partition coefficient (Wildman–Crippen LogP) is 1.38. The lowest BCUT2D eigenvalue weighted by molar-refractivity contribution is 0.1000. The first-order valence-electron chi connectivity index (χ1n) is 7.74. The molecule has 114 valence electrons. The summed E-state index contributed by atoms with van der Waals surface area (Å²) in [5.41, 5.74) is 8.45. The highest BCUT2D eigenvalue weighted by molar-refractivity contribution is 5.98. The molecule has 3 heterocycles. The van der Waals surface area contributed by atoms with Crippen LogP contribution in [0.15, 0.2) is 6.07 Å². The van der Waals surface area contributed by atoms with Crippen molar-refractivity contribution < 1.29 is 4.79 Å². The summed E-state index contributed by atoms with van der Waals surface area (Å²) in [6.07, 6.45) is 3.61. The molecule has 2 aliphatic heterocycles. The zero-order chi connectivity index (χ0) is 15.0. The van der Waals surface area contributed by atoms with Gasteiger partial charge < -0.3 is 16.0 Å². The Morgan fingerprint density at radius 1 is 1.43 bits per heavy atom. The maximum absolute atomic E-state index is 11.8. The summed E-state index contributed by atoms with van der Waals surface area (Å²) in [6.45, 7) is 8.04. The lowest BCUT2D eigenvalue weighted by atomic mass is 9.79. The van der Waals surface area contributed by atoms with Crippen molar-refractivity contribution in [2.75, 3.05) is 31.1 Å². The molecule has 0 aliphatic carbocycles. The molecule has 5 heteroatoms. The Labute approximate surface area is 125 Å². The molecule has 0 unspecified atom stereocenters. The number of nitrogens with zero attached hydrogens (tertiary/aromatic N) is 2. The van der Waals surface area contributed by atoms with E-state index in [2.05, 4.69) is 15.2 Å². The minimum absolute atomic E-state index is 0.341. The third-order valence-corrected chi connectivity index (χ3v) is 5.00. The van der Waals surface area contributed by atoms with Gasteiger partial charge in [-0.15, -0.1) is 0 Å². The monoisotopic (exact) mass is 288 g/mol. The van der Waals surface area contributed by atoms with Crippen LogP contribution in [0.3, 0.4) is 0 Å². The molecule has 3 N–H and O–H groups in total. The van der Waals surface area contributed by atoms with E-state index in [0.29, 0.717) is 11.0 Å². The van der Waals surface area contributed by atoms with E-state index in [9.17, 15) is 4.79 Å². The van der Waals surface area contributed by atoms with Crippen LogP contribution in [0.1, 0.15) is 40.9 Å². The van der Waals surface area contributed by atoms with Crippen molar-refractivity contribution in [1.29, 1.82) is 0 Å². The smallest absolute Gasteiger partial charge is 0.252 e. The Morgan fingerprint density at radius 2 is 2.24 bits per heavy atom. The van der Waals surface area contributed by atoms with Crippen LogP contribution in [0.25, 0.3) is 0 Å². The van der Waals surface area contributed by atoms with Crippen molar-refractivity contribution in [2.45, 2.75) is 33.1 Å². The Morgan fingerprint density at radius 3 is 2.90 bits per heavy atom. The summed E-state index contributed by atoms with van der Waals surface area (Å²) in [5, 5.41) is 3.47. The lowest BCUT2D eigenvalue weighted by Gasteiger charge is -2.41. The fraction of sp³-hybridized carbons (Fsp3) is 0.625. The molecule has 0 aromatic carbocycles. The number of pyridine rings is 1. The second kappa shape index (κ2) is 5.30. The SMILES string of the molecule is Cc1cc(C(N)=O)c(N2CCC[C@]3(CCNC3)C2)nc1C. The minimum Gasteiger partial charge on any atom is -0.365 e. The number of amides is 1. The molecule has 21 heavy (non-hydrogen) atoms. The standard InChI is InChI=1S/C16H24N4O/c1-11-8-13(14(17)21)15(19-12(11)2)20-7-3-4-16(10-20)5-6-18-9-16/h8,18H,3-7,9-10H2,1-2H3,(H2,17,21)/t16-/m1/s1. The van der Waals surface area contributed by atoms with Crippen molar-refractivity contribution in [1.82, 2.24) is 10.3 Å². The third kappa shape index (κ3) is 2.62. The van der Waals surface area contributed by atoms with Crippen LogP contribution in [0, 0.1) is 19.3 Å². The Hall–Kier alpha value is -1.62. The number of aromatic nitrogens is 1.